The number of hydrogen-bond acceptors (Lipinski definition) is 3. The molecule has 1 amide bonds. The van der Waals surface area contributed by atoms with Gasteiger partial charge in [0.15, 0.2) is 0 Å². The second kappa shape index (κ2) is 7.21. The molecule has 4 nitrogen and oxygen atoms in total. The van der Waals surface area contributed by atoms with Crippen LogP contribution in [0.4, 0.5) is 4.39 Å². The van der Waals surface area contributed by atoms with Gasteiger partial charge in [-0.2, -0.15) is 0 Å². The summed E-state index contributed by atoms with van der Waals surface area (Å²) in [5.41, 5.74) is 5.84. The smallest absolute Gasteiger partial charge is 0.254 e. The highest BCUT2D eigenvalue weighted by atomic mass is 19.1. The molecular formula is C16H20FN3O. The standard InChI is InChI=1S/C16H20FN3O/c1-20-8-6-13(11-20)10-19-16(21)14-5-4-12(3-2-7-18)9-15(14)17/h4-5,9,13H,6-8,10-11,18H2,1H3,(H,19,21). The van der Waals surface area contributed by atoms with Gasteiger partial charge in [-0.05, 0) is 44.1 Å². The van der Waals surface area contributed by atoms with Gasteiger partial charge >= 0.3 is 0 Å². The Morgan fingerprint density at radius 2 is 2.38 bits per heavy atom. The molecule has 5 heteroatoms. The molecule has 112 valence electrons. The molecule has 0 spiro atoms. The Labute approximate surface area is 124 Å². The molecule has 21 heavy (non-hydrogen) atoms. The topological polar surface area (TPSA) is 58.4 Å². The van der Waals surface area contributed by atoms with Crippen LogP contribution in [-0.2, 0) is 0 Å². The number of amides is 1. The maximum Gasteiger partial charge on any atom is 0.254 e. The van der Waals surface area contributed by atoms with Crippen molar-refractivity contribution in [2.45, 2.75) is 6.42 Å². The summed E-state index contributed by atoms with van der Waals surface area (Å²) in [5.74, 6) is 4.90. The zero-order chi connectivity index (χ0) is 15.2. The number of hydrogen-bond donors (Lipinski definition) is 2. The Balaban J connectivity index is 1.96. The molecule has 1 saturated heterocycles. The molecule has 0 saturated carbocycles. The highest BCUT2D eigenvalue weighted by Crippen LogP contribution is 2.14. The maximum absolute atomic E-state index is 13.9. The van der Waals surface area contributed by atoms with Crippen LogP contribution in [0.25, 0.3) is 0 Å². The van der Waals surface area contributed by atoms with Crippen LogP contribution in [0.1, 0.15) is 22.3 Å². The molecule has 0 bridgehead atoms. The van der Waals surface area contributed by atoms with E-state index in [1.807, 2.05) is 0 Å². The third-order valence-electron chi connectivity index (χ3n) is 3.59. The van der Waals surface area contributed by atoms with Crippen molar-refractivity contribution in [1.29, 1.82) is 0 Å². The summed E-state index contributed by atoms with van der Waals surface area (Å²) in [4.78, 5) is 14.2. The van der Waals surface area contributed by atoms with Crippen molar-refractivity contribution in [2.24, 2.45) is 11.7 Å². The first-order chi connectivity index (χ1) is 10.1. The summed E-state index contributed by atoms with van der Waals surface area (Å²) >= 11 is 0. The summed E-state index contributed by atoms with van der Waals surface area (Å²) in [6.45, 7) is 2.82. The molecule has 1 atom stereocenters. The SMILES string of the molecule is CN1CCC(CNC(=O)c2ccc(C#CCN)cc2F)C1. The van der Waals surface area contributed by atoms with Gasteiger partial charge < -0.3 is 16.0 Å². The predicted octanol–water partition coefficient (Wildman–Crippen LogP) is 0.817. The van der Waals surface area contributed by atoms with Gasteiger partial charge in [0.1, 0.15) is 5.82 Å². The lowest BCUT2D eigenvalue weighted by Crippen LogP contribution is -2.31. The van der Waals surface area contributed by atoms with Crippen LogP contribution in [-0.4, -0.2) is 44.0 Å². The zero-order valence-electron chi connectivity index (χ0n) is 12.2. The fraction of sp³-hybridized carbons (Fsp3) is 0.438. The fourth-order valence-electron chi connectivity index (χ4n) is 2.46. The Morgan fingerprint density at radius 3 is 3.00 bits per heavy atom. The van der Waals surface area contributed by atoms with Crippen LogP contribution in [0, 0.1) is 23.6 Å². The van der Waals surface area contributed by atoms with Gasteiger partial charge in [0.25, 0.3) is 5.91 Å². The fourth-order valence-corrected chi connectivity index (χ4v) is 2.46. The van der Waals surface area contributed by atoms with Crippen molar-refractivity contribution in [3.63, 3.8) is 0 Å². The number of carbonyl (C=O) groups excluding carboxylic acids is 1. The summed E-state index contributed by atoms with van der Waals surface area (Å²) in [5, 5.41) is 2.80. The maximum atomic E-state index is 13.9. The molecular weight excluding hydrogens is 269 g/mol. The lowest BCUT2D eigenvalue weighted by atomic mass is 10.1. The molecule has 2 rings (SSSR count). The van der Waals surface area contributed by atoms with E-state index in [1.54, 1.807) is 6.07 Å². The zero-order valence-corrected chi connectivity index (χ0v) is 12.2. The first kappa shape index (κ1) is 15.5. The quantitative estimate of drug-likeness (QED) is 0.810. The molecule has 0 aliphatic carbocycles. The normalized spacial score (nSPS) is 18.1. The Morgan fingerprint density at radius 1 is 1.57 bits per heavy atom. The molecule has 1 heterocycles. The van der Waals surface area contributed by atoms with Crippen LogP contribution in [0.5, 0.6) is 0 Å². The van der Waals surface area contributed by atoms with E-state index < -0.39 is 5.82 Å². The van der Waals surface area contributed by atoms with E-state index in [4.69, 9.17) is 5.73 Å². The van der Waals surface area contributed by atoms with E-state index >= 15 is 0 Å². The molecule has 1 aliphatic heterocycles. The van der Waals surface area contributed by atoms with E-state index in [0.717, 1.165) is 19.5 Å². The lowest BCUT2D eigenvalue weighted by molar-refractivity contribution is 0.0943. The van der Waals surface area contributed by atoms with Crippen LogP contribution in [0.3, 0.4) is 0 Å². The van der Waals surface area contributed by atoms with Gasteiger partial charge in [-0.3, -0.25) is 4.79 Å². The lowest BCUT2D eigenvalue weighted by Gasteiger charge is -2.12. The van der Waals surface area contributed by atoms with Crippen LogP contribution in [0.2, 0.25) is 0 Å². The van der Waals surface area contributed by atoms with Crippen molar-refractivity contribution in [2.75, 3.05) is 33.2 Å². The minimum atomic E-state index is -0.556. The van der Waals surface area contributed by atoms with E-state index in [9.17, 15) is 9.18 Å². The number of rotatable bonds is 3. The van der Waals surface area contributed by atoms with Crippen molar-refractivity contribution in [1.82, 2.24) is 10.2 Å². The Kier molecular flexibility index (Phi) is 5.32. The van der Waals surface area contributed by atoms with Gasteiger partial charge in [-0.15, -0.1) is 0 Å². The number of nitrogens with one attached hydrogen (secondary N) is 1. The van der Waals surface area contributed by atoms with Crippen LogP contribution >= 0.6 is 0 Å². The number of nitrogens with two attached hydrogens (primary N) is 1. The van der Waals surface area contributed by atoms with Gasteiger partial charge in [0, 0.05) is 18.7 Å². The van der Waals surface area contributed by atoms with Gasteiger partial charge in [-0.1, -0.05) is 11.8 Å². The minimum absolute atomic E-state index is 0.0552. The predicted molar refractivity (Wildman–Crippen MR) is 80.3 cm³/mol. The van der Waals surface area contributed by atoms with Gasteiger partial charge in [0.05, 0.1) is 12.1 Å². The average molecular weight is 289 g/mol. The third kappa shape index (κ3) is 4.28. The monoisotopic (exact) mass is 289 g/mol. The van der Waals surface area contributed by atoms with Crippen molar-refractivity contribution >= 4 is 5.91 Å². The second-order valence-electron chi connectivity index (χ2n) is 5.33. The molecule has 1 fully saturated rings. The molecule has 1 aromatic rings. The molecule has 0 aromatic heterocycles. The van der Waals surface area contributed by atoms with Crippen LogP contribution in [0.15, 0.2) is 18.2 Å². The number of nitrogens with zero attached hydrogens (tertiary/aromatic N) is 1. The number of halogens is 1. The van der Waals surface area contributed by atoms with Crippen LogP contribution < -0.4 is 11.1 Å². The minimum Gasteiger partial charge on any atom is -0.352 e. The van der Waals surface area contributed by atoms with Gasteiger partial charge in [-0.25, -0.2) is 4.39 Å². The number of likely N-dealkylation sites (tertiary alicyclic amines) is 1. The number of benzene rings is 1. The Bertz CT molecular complexity index is 577. The first-order valence-electron chi connectivity index (χ1n) is 7.05. The highest BCUT2D eigenvalue weighted by Gasteiger charge is 2.20. The van der Waals surface area contributed by atoms with Gasteiger partial charge in [0.2, 0.25) is 0 Å². The van der Waals surface area contributed by atoms with E-state index in [0.29, 0.717) is 18.0 Å². The summed E-state index contributed by atoms with van der Waals surface area (Å²) < 4.78 is 13.9. The summed E-state index contributed by atoms with van der Waals surface area (Å²) in [7, 11) is 2.06. The third-order valence-corrected chi connectivity index (χ3v) is 3.59. The first-order valence-corrected chi connectivity index (χ1v) is 7.05. The van der Waals surface area contributed by atoms with E-state index in [1.165, 1.54) is 12.1 Å². The van der Waals surface area contributed by atoms with Crippen molar-refractivity contribution in [3.8, 4) is 11.8 Å². The summed E-state index contributed by atoms with van der Waals surface area (Å²) in [6, 6.07) is 4.36. The van der Waals surface area contributed by atoms with E-state index in [2.05, 4.69) is 29.1 Å². The largest absolute Gasteiger partial charge is 0.352 e. The number of carbonyl (C=O) groups is 1. The molecule has 0 radical (unpaired) electrons. The second-order valence-corrected chi connectivity index (χ2v) is 5.33. The van der Waals surface area contributed by atoms with E-state index in [-0.39, 0.29) is 18.0 Å². The van der Waals surface area contributed by atoms with Crippen molar-refractivity contribution < 1.29 is 9.18 Å². The average Bonchev–Trinajstić information content (AvgIpc) is 2.88. The summed E-state index contributed by atoms with van der Waals surface area (Å²) in [6.07, 6.45) is 1.06. The van der Waals surface area contributed by atoms with Crippen molar-refractivity contribution in [3.05, 3.63) is 35.1 Å². The molecule has 1 aromatic carbocycles. The molecule has 3 N–H and O–H groups in total. The molecule has 1 aliphatic rings. The highest BCUT2D eigenvalue weighted by molar-refractivity contribution is 5.94. The molecule has 1 unspecified atom stereocenters. The Hall–Kier alpha value is -1.90.